The quantitative estimate of drug-likeness (QED) is 0.776. The molecule has 1 amide bonds. The molecule has 1 unspecified atom stereocenters. The number of fused-ring (bicyclic) bond motifs is 1. The fourth-order valence-corrected chi connectivity index (χ4v) is 2.27. The average Bonchev–Trinajstić information content (AvgIpc) is 2.46. The van der Waals surface area contributed by atoms with Crippen LogP contribution in [0.4, 0.5) is 0 Å². The third-order valence-corrected chi connectivity index (χ3v) is 3.26. The SMILES string of the molecule is CC1CN(C(=O)c2cnc3cnccc3c2)CCO1. The Morgan fingerprint density at radius 1 is 1.47 bits per heavy atom. The predicted molar refractivity (Wildman–Crippen MR) is 70.9 cm³/mol. The first-order valence-electron chi connectivity index (χ1n) is 6.35. The molecule has 3 heterocycles. The summed E-state index contributed by atoms with van der Waals surface area (Å²) in [6.45, 7) is 3.84. The van der Waals surface area contributed by atoms with Crippen molar-refractivity contribution >= 4 is 16.8 Å². The second kappa shape index (κ2) is 4.93. The van der Waals surface area contributed by atoms with Crippen LogP contribution in [0.5, 0.6) is 0 Å². The molecule has 0 saturated carbocycles. The predicted octanol–water partition coefficient (Wildman–Crippen LogP) is 1.49. The Hall–Kier alpha value is -2.01. The van der Waals surface area contributed by atoms with Crippen LogP contribution < -0.4 is 0 Å². The van der Waals surface area contributed by atoms with Gasteiger partial charge in [0.1, 0.15) is 0 Å². The number of amides is 1. The molecule has 0 spiro atoms. The number of aromatic nitrogens is 2. The molecule has 5 heteroatoms. The second-order valence-electron chi connectivity index (χ2n) is 4.72. The highest BCUT2D eigenvalue weighted by atomic mass is 16.5. The van der Waals surface area contributed by atoms with Gasteiger partial charge in [-0.2, -0.15) is 0 Å². The Balaban J connectivity index is 1.88. The minimum Gasteiger partial charge on any atom is -0.375 e. The van der Waals surface area contributed by atoms with E-state index in [1.54, 1.807) is 18.6 Å². The molecular formula is C14H15N3O2. The molecule has 0 bridgehead atoms. The molecule has 2 aromatic heterocycles. The minimum atomic E-state index is 0.0152. The van der Waals surface area contributed by atoms with Crippen molar-refractivity contribution in [1.29, 1.82) is 0 Å². The van der Waals surface area contributed by atoms with Crippen molar-refractivity contribution in [3.8, 4) is 0 Å². The number of hydrogen-bond donors (Lipinski definition) is 0. The van der Waals surface area contributed by atoms with E-state index >= 15 is 0 Å². The molecule has 1 fully saturated rings. The summed E-state index contributed by atoms with van der Waals surface area (Å²) < 4.78 is 5.45. The monoisotopic (exact) mass is 257 g/mol. The first-order chi connectivity index (χ1) is 9.24. The number of pyridine rings is 2. The van der Waals surface area contributed by atoms with Gasteiger partial charge >= 0.3 is 0 Å². The maximum Gasteiger partial charge on any atom is 0.255 e. The molecule has 3 rings (SSSR count). The van der Waals surface area contributed by atoms with E-state index in [2.05, 4.69) is 9.97 Å². The van der Waals surface area contributed by atoms with E-state index in [4.69, 9.17) is 4.74 Å². The van der Waals surface area contributed by atoms with Crippen LogP contribution in [-0.4, -0.2) is 46.6 Å². The molecule has 0 aromatic carbocycles. The second-order valence-corrected chi connectivity index (χ2v) is 4.72. The highest BCUT2D eigenvalue weighted by Gasteiger charge is 2.22. The molecule has 5 nitrogen and oxygen atoms in total. The van der Waals surface area contributed by atoms with Crippen molar-refractivity contribution in [1.82, 2.24) is 14.9 Å². The van der Waals surface area contributed by atoms with Gasteiger partial charge in [0, 0.05) is 30.9 Å². The van der Waals surface area contributed by atoms with Gasteiger partial charge in [-0.05, 0) is 19.1 Å². The minimum absolute atomic E-state index is 0.0152. The number of carbonyl (C=O) groups excluding carboxylic acids is 1. The van der Waals surface area contributed by atoms with Gasteiger partial charge < -0.3 is 9.64 Å². The van der Waals surface area contributed by atoms with Crippen molar-refractivity contribution in [3.63, 3.8) is 0 Å². The van der Waals surface area contributed by atoms with Crippen LogP contribution in [0.1, 0.15) is 17.3 Å². The maximum absolute atomic E-state index is 12.4. The Morgan fingerprint density at radius 3 is 3.21 bits per heavy atom. The van der Waals surface area contributed by atoms with Crippen LogP contribution in [0.2, 0.25) is 0 Å². The zero-order chi connectivity index (χ0) is 13.2. The van der Waals surface area contributed by atoms with E-state index in [-0.39, 0.29) is 12.0 Å². The van der Waals surface area contributed by atoms with E-state index < -0.39 is 0 Å². The molecule has 1 atom stereocenters. The van der Waals surface area contributed by atoms with Gasteiger partial charge in [0.25, 0.3) is 5.91 Å². The van der Waals surface area contributed by atoms with Gasteiger partial charge in [-0.1, -0.05) is 0 Å². The number of morpholine rings is 1. The number of rotatable bonds is 1. The van der Waals surface area contributed by atoms with Crippen LogP contribution >= 0.6 is 0 Å². The van der Waals surface area contributed by atoms with Gasteiger partial charge in [0.2, 0.25) is 0 Å². The van der Waals surface area contributed by atoms with Crippen molar-refractivity contribution < 1.29 is 9.53 Å². The molecule has 98 valence electrons. The number of hydrogen-bond acceptors (Lipinski definition) is 4. The molecule has 1 aliphatic rings. The molecule has 2 aromatic rings. The number of nitrogens with zero attached hydrogens (tertiary/aromatic N) is 3. The van der Waals surface area contributed by atoms with Crippen LogP contribution in [-0.2, 0) is 4.74 Å². The zero-order valence-electron chi connectivity index (χ0n) is 10.7. The molecule has 19 heavy (non-hydrogen) atoms. The molecule has 1 saturated heterocycles. The highest BCUT2D eigenvalue weighted by molar-refractivity contribution is 5.97. The standard InChI is InChI=1S/C14H15N3O2/c1-10-9-17(4-5-19-10)14(18)12-6-11-2-3-15-8-13(11)16-7-12/h2-3,6-8,10H,4-5,9H2,1H3. The summed E-state index contributed by atoms with van der Waals surface area (Å²) in [6.07, 6.45) is 5.11. The van der Waals surface area contributed by atoms with Gasteiger partial charge in [0.05, 0.1) is 30.0 Å². The maximum atomic E-state index is 12.4. The molecule has 0 N–H and O–H groups in total. The van der Waals surface area contributed by atoms with Crippen molar-refractivity contribution in [2.45, 2.75) is 13.0 Å². The third-order valence-electron chi connectivity index (χ3n) is 3.26. The van der Waals surface area contributed by atoms with Crippen molar-refractivity contribution in [2.75, 3.05) is 19.7 Å². The lowest BCUT2D eigenvalue weighted by Crippen LogP contribution is -2.44. The van der Waals surface area contributed by atoms with E-state index in [0.717, 1.165) is 10.9 Å². The summed E-state index contributed by atoms with van der Waals surface area (Å²) in [5.41, 5.74) is 1.42. The van der Waals surface area contributed by atoms with Crippen LogP contribution in [0.3, 0.4) is 0 Å². The Bertz CT molecular complexity index is 614. The van der Waals surface area contributed by atoms with Gasteiger partial charge in [0.15, 0.2) is 0 Å². The van der Waals surface area contributed by atoms with E-state index in [1.165, 1.54) is 0 Å². The van der Waals surface area contributed by atoms with Gasteiger partial charge in [-0.15, -0.1) is 0 Å². The number of carbonyl (C=O) groups is 1. The smallest absolute Gasteiger partial charge is 0.255 e. The highest BCUT2D eigenvalue weighted by Crippen LogP contribution is 2.15. The summed E-state index contributed by atoms with van der Waals surface area (Å²) in [6, 6.07) is 3.73. The summed E-state index contributed by atoms with van der Waals surface area (Å²) >= 11 is 0. The van der Waals surface area contributed by atoms with Crippen molar-refractivity contribution in [2.24, 2.45) is 0 Å². The van der Waals surface area contributed by atoms with Crippen LogP contribution in [0.25, 0.3) is 10.9 Å². The fraction of sp³-hybridized carbons (Fsp3) is 0.357. The number of ether oxygens (including phenoxy) is 1. The first-order valence-corrected chi connectivity index (χ1v) is 6.35. The Labute approximate surface area is 111 Å². The summed E-state index contributed by atoms with van der Waals surface area (Å²) in [7, 11) is 0. The van der Waals surface area contributed by atoms with Crippen molar-refractivity contribution in [3.05, 3.63) is 36.3 Å². The lowest BCUT2D eigenvalue weighted by molar-refractivity contribution is -0.0124. The normalized spacial score (nSPS) is 19.6. The first kappa shape index (κ1) is 12.0. The zero-order valence-corrected chi connectivity index (χ0v) is 10.7. The summed E-state index contributed by atoms with van der Waals surface area (Å²) in [5.74, 6) is 0.0152. The van der Waals surface area contributed by atoms with E-state index in [1.807, 2.05) is 24.0 Å². The van der Waals surface area contributed by atoms with E-state index in [9.17, 15) is 4.79 Å². The molecule has 0 aliphatic carbocycles. The lowest BCUT2D eigenvalue weighted by Gasteiger charge is -2.31. The Kier molecular flexibility index (Phi) is 3.13. The van der Waals surface area contributed by atoms with Crippen LogP contribution in [0, 0.1) is 0 Å². The van der Waals surface area contributed by atoms with Gasteiger partial charge in [-0.25, -0.2) is 0 Å². The summed E-state index contributed by atoms with van der Waals surface area (Å²) in [4.78, 5) is 22.5. The lowest BCUT2D eigenvalue weighted by atomic mass is 10.1. The Morgan fingerprint density at radius 2 is 2.37 bits per heavy atom. The topological polar surface area (TPSA) is 55.3 Å². The molecular weight excluding hydrogens is 242 g/mol. The average molecular weight is 257 g/mol. The van der Waals surface area contributed by atoms with E-state index in [0.29, 0.717) is 25.3 Å². The van der Waals surface area contributed by atoms with Crippen LogP contribution in [0.15, 0.2) is 30.7 Å². The fourth-order valence-electron chi connectivity index (χ4n) is 2.27. The third kappa shape index (κ3) is 2.42. The molecule has 0 radical (unpaired) electrons. The largest absolute Gasteiger partial charge is 0.375 e. The summed E-state index contributed by atoms with van der Waals surface area (Å²) in [5, 5.41) is 0.933. The van der Waals surface area contributed by atoms with Gasteiger partial charge in [-0.3, -0.25) is 14.8 Å². The molecule has 1 aliphatic heterocycles.